The van der Waals surface area contributed by atoms with E-state index in [9.17, 15) is 0 Å². The van der Waals surface area contributed by atoms with E-state index in [4.69, 9.17) is 5.73 Å². The molecule has 52 valence electrons. The number of nitrogens with two attached hydrogens (primary N) is 1. The summed E-state index contributed by atoms with van der Waals surface area (Å²) in [6, 6.07) is 0. The second-order valence-electron chi connectivity index (χ2n) is 1.52. The van der Waals surface area contributed by atoms with E-state index in [1.54, 1.807) is 6.20 Å². The number of halogens is 1. The van der Waals surface area contributed by atoms with Gasteiger partial charge in [0.25, 0.3) is 0 Å². The maximum atomic E-state index is 5.24. The predicted molar refractivity (Wildman–Crippen MR) is 36.4 cm³/mol. The number of nitrogens with one attached hydrogen (secondary N) is 1. The van der Waals surface area contributed by atoms with Crippen molar-refractivity contribution < 1.29 is 0 Å². The van der Waals surface area contributed by atoms with E-state index in [1.807, 2.05) is 0 Å². The lowest BCUT2D eigenvalue weighted by molar-refractivity contribution is 0.877. The molecule has 0 aliphatic rings. The Labute approximate surface area is 59.2 Å². The zero-order chi connectivity index (χ0) is 5.82. The lowest BCUT2D eigenvalue weighted by atomic mass is 10.3. The quantitative estimate of drug-likeness (QED) is 0.607. The molecule has 0 aromatic carbocycles. The molecular formula is C4H9ClN4. The largest absolute Gasteiger partial charge is 0.330 e. The highest BCUT2D eigenvalue weighted by atomic mass is 35.5. The smallest absolute Gasteiger partial charge is 0.0722 e. The molecule has 1 heterocycles. The minimum atomic E-state index is 0. The van der Waals surface area contributed by atoms with Gasteiger partial charge in [0.1, 0.15) is 0 Å². The number of hydrogen-bond acceptors (Lipinski definition) is 3. The first-order valence-electron chi connectivity index (χ1n) is 2.48. The number of aromatic nitrogens is 3. The molecule has 3 N–H and O–H groups in total. The van der Waals surface area contributed by atoms with E-state index >= 15 is 0 Å². The fraction of sp³-hybridized carbons (Fsp3) is 0.500. The Kier molecular flexibility index (Phi) is 4.00. The molecule has 1 rings (SSSR count). The van der Waals surface area contributed by atoms with Gasteiger partial charge in [-0.05, 0) is 6.54 Å². The van der Waals surface area contributed by atoms with Crippen molar-refractivity contribution >= 4 is 12.4 Å². The van der Waals surface area contributed by atoms with Gasteiger partial charge in [0.05, 0.1) is 11.9 Å². The number of H-pyrrole nitrogens is 1. The third-order valence-corrected chi connectivity index (χ3v) is 0.879. The Morgan fingerprint density at radius 2 is 2.44 bits per heavy atom. The van der Waals surface area contributed by atoms with Crippen molar-refractivity contribution in [2.75, 3.05) is 6.54 Å². The molecule has 5 heteroatoms. The third-order valence-electron chi connectivity index (χ3n) is 0.879. The summed E-state index contributed by atoms with van der Waals surface area (Å²) in [5.41, 5.74) is 6.24. The van der Waals surface area contributed by atoms with Crippen LogP contribution in [0.15, 0.2) is 6.20 Å². The van der Waals surface area contributed by atoms with Crippen molar-refractivity contribution in [2.24, 2.45) is 5.73 Å². The van der Waals surface area contributed by atoms with Crippen LogP contribution < -0.4 is 5.73 Å². The van der Waals surface area contributed by atoms with Gasteiger partial charge in [0.2, 0.25) is 0 Å². The van der Waals surface area contributed by atoms with Crippen molar-refractivity contribution in [1.29, 1.82) is 0 Å². The van der Waals surface area contributed by atoms with Crippen LogP contribution in [0.5, 0.6) is 0 Å². The van der Waals surface area contributed by atoms with E-state index in [0.29, 0.717) is 6.54 Å². The third kappa shape index (κ3) is 2.43. The SMILES string of the molecule is Cl.NCCc1cnn[nH]1. The van der Waals surface area contributed by atoms with Crippen molar-refractivity contribution in [2.45, 2.75) is 6.42 Å². The Bertz CT molecular complexity index is 138. The zero-order valence-corrected chi connectivity index (χ0v) is 5.69. The van der Waals surface area contributed by atoms with Crippen LogP contribution >= 0.6 is 12.4 Å². The molecule has 4 nitrogen and oxygen atoms in total. The summed E-state index contributed by atoms with van der Waals surface area (Å²) in [5, 5.41) is 9.79. The normalized spacial score (nSPS) is 8.56. The number of nitrogens with zero attached hydrogens (tertiary/aromatic N) is 2. The van der Waals surface area contributed by atoms with Crippen LogP contribution in [0.25, 0.3) is 0 Å². The van der Waals surface area contributed by atoms with Gasteiger partial charge in [-0.2, -0.15) is 0 Å². The minimum Gasteiger partial charge on any atom is -0.330 e. The summed E-state index contributed by atoms with van der Waals surface area (Å²) >= 11 is 0. The summed E-state index contributed by atoms with van der Waals surface area (Å²) in [7, 11) is 0. The predicted octanol–water partition coefficient (Wildman–Crippen LogP) is -0.272. The monoisotopic (exact) mass is 148 g/mol. The van der Waals surface area contributed by atoms with Crippen LogP contribution in [-0.4, -0.2) is 22.0 Å². The Morgan fingerprint density at radius 3 is 2.89 bits per heavy atom. The van der Waals surface area contributed by atoms with Crippen molar-refractivity contribution in [3.05, 3.63) is 11.9 Å². The first-order chi connectivity index (χ1) is 3.93. The molecule has 0 saturated carbocycles. The topological polar surface area (TPSA) is 67.6 Å². The molecule has 1 aromatic rings. The molecule has 0 radical (unpaired) electrons. The molecule has 9 heavy (non-hydrogen) atoms. The van der Waals surface area contributed by atoms with Gasteiger partial charge in [-0.15, -0.1) is 17.5 Å². The summed E-state index contributed by atoms with van der Waals surface area (Å²) in [5.74, 6) is 0. The second kappa shape index (κ2) is 4.29. The standard InChI is InChI=1S/C4H8N4.ClH/c5-2-1-4-3-6-8-7-4;/h3H,1-2,5H2,(H,6,7,8);1H. The van der Waals surface area contributed by atoms with Gasteiger partial charge in [0, 0.05) is 6.42 Å². The molecule has 1 aromatic heterocycles. The van der Waals surface area contributed by atoms with Gasteiger partial charge < -0.3 is 5.73 Å². The first kappa shape index (κ1) is 8.39. The van der Waals surface area contributed by atoms with Gasteiger partial charge in [-0.25, -0.2) is 0 Å². The second-order valence-corrected chi connectivity index (χ2v) is 1.52. The fourth-order valence-electron chi connectivity index (χ4n) is 0.496. The number of aromatic amines is 1. The number of hydrogen-bond donors (Lipinski definition) is 2. The Morgan fingerprint density at radius 1 is 1.67 bits per heavy atom. The fourth-order valence-corrected chi connectivity index (χ4v) is 0.496. The van der Waals surface area contributed by atoms with Crippen molar-refractivity contribution in [3.8, 4) is 0 Å². The maximum Gasteiger partial charge on any atom is 0.0722 e. The lowest BCUT2D eigenvalue weighted by Gasteiger charge is -1.85. The lowest BCUT2D eigenvalue weighted by Crippen LogP contribution is -2.02. The first-order valence-corrected chi connectivity index (χ1v) is 2.48. The van der Waals surface area contributed by atoms with Crippen molar-refractivity contribution in [1.82, 2.24) is 15.4 Å². The van der Waals surface area contributed by atoms with Crippen LogP contribution in [0.3, 0.4) is 0 Å². The van der Waals surface area contributed by atoms with E-state index < -0.39 is 0 Å². The molecule has 0 fully saturated rings. The molecule has 0 atom stereocenters. The van der Waals surface area contributed by atoms with Gasteiger partial charge in [-0.1, -0.05) is 5.21 Å². The Hall–Kier alpha value is -0.610. The van der Waals surface area contributed by atoms with Crippen LogP contribution in [0.4, 0.5) is 0 Å². The highest BCUT2D eigenvalue weighted by molar-refractivity contribution is 5.85. The van der Waals surface area contributed by atoms with Gasteiger partial charge >= 0.3 is 0 Å². The zero-order valence-electron chi connectivity index (χ0n) is 4.87. The maximum absolute atomic E-state index is 5.24. The van der Waals surface area contributed by atoms with E-state index in [2.05, 4.69) is 15.4 Å². The average molecular weight is 149 g/mol. The molecule has 0 unspecified atom stereocenters. The number of rotatable bonds is 2. The minimum absolute atomic E-state index is 0. The van der Waals surface area contributed by atoms with E-state index in [-0.39, 0.29) is 12.4 Å². The van der Waals surface area contributed by atoms with Gasteiger partial charge in [0.15, 0.2) is 0 Å². The summed E-state index contributed by atoms with van der Waals surface area (Å²) in [6.07, 6.45) is 2.50. The Balaban J connectivity index is 0.000000640. The molecule has 0 spiro atoms. The summed E-state index contributed by atoms with van der Waals surface area (Å²) in [6.45, 7) is 0.643. The molecule has 0 amide bonds. The van der Waals surface area contributed by atoms with E-state index in [0.717, 1.165) is 12.1 Å². The molecular weight excluding hydrogens is 140 g/mol. The highest BCUT2D eigenvalue weighted by Crippen LogP contribution is 1.85. The summed E-state index contributed by atoms with van der Waals surface area (Å²) < 4.78 is 0. The van der Waals surface area contributed by atoms with Crippen LogP contribution in [-0.2, 0) is 6.42 Å². The molecule has 0 bridgehead atoms. The van der Waals surface area contributed by atoms with Crippen LogP contribution in [0.2, 0.25) is 0 Å². The highest BCUT2D eigenvalue weighted by Gasteiger charge is 1.88. The van der Waals surface area contributed by atoms with Crippen LogP contribution in [0, 0.1) is 0 Å². The molecule has 0 aliphatic carbocycles. The van der Waals surface area contributed by atoms with Crippen LogP contribution in [0.1, 0.15) is 5.69 Å². The molecule has 0 aliphatic heterocycles. The van der Waals surface area contributed by atoms with Gasteiger partial charge in [-0.3, -0.25) is 5.10 Å². The van der Waals surface area contributed by atoms with Crippen molar-refractivity contribution in [3.63, 3.8) is 0 Å². The van der Waals surface area contributed by atoms with E-state index in [1.165, 1.54) is 0 Å². The average Bonchev–Trinajstić information content (AvgIpc) is 2.19. The molecule has 0 saturated heterocycles. The summed E-state index contributed by atoms with van der Waals surface area (Å²) in [4.78, 5) is 0.